The maximum Gasteiger partial charge on any atom is 0.330 e. The van der Waals surface area contributed by atoms with Crippen LogP contribution in [0.15, 0.2) is 12.2 Å². The van der Waals surface area contributed by atoms with Crippen molar-refractivity contribution < 1.29 is 19.1 Å². The standard InChI is InChI=1S/C15H30O4Si/c1-7-18-14(17)11-9-8-10-13(16)12-19-20(5,6)15(2,3)4/h9,11,13,16H,7-8,10,12H2,1-6H3/b11-9+/t13-/m0/s1. The lowest BCUT2D eigenvalue weighted by atomic mass is 10.2. The van der Waals surface area contributed by atoms with Crippen molar-refractivity contribution in [2.45, 2.75) is 64.8 Å². The molecule has 0 saturated heterocycles. The molecular formula is C15H30O4Si. The van der Waals surface area contributed by atoms with Crippen molar-refractivity contribution in [3.63, 3.8) is 0 Å². The summed E-state index contributed by atoms with van der Waals surface area (Å²) in [5, 5.41) is 10.0. The first-order valence-electron chi connectivity index (χ1n) is 7.25. The van der Waals surface area contributed by atoms with Crippen molar-refractivity contribution in [2.24, 2.45) is 0 Å². The average molecular weight is 302 g/mol. The third-order valence-corrected chi connectivity index (χ3v) is 8.15. The van der Waals surface area contributed by atoms with E-state index in [1.807, 2.05) is 0 Å². The van der Waals surface area contributed by atoms with Gasteiger partial charge in [0.25, 0.3) is 0 Å². The van der Waals surface area contributed by atoms with Gasteiger partial charge in [0.1, 0.15) is 0 Å². The Morgan fingerprint density at radius 2 is 1.95 bits per heavy atom. The van der Waals surface area contributed by atoms with E-state index in [9.17, 15) is 9.90 Å². The molecule has 0 radical (unpaired) electrons. The summed E-state index contributed by atoms with van der Waals surface area (Å²) in [6.07, 6.45) is 3.88. The zero-order valence-corrected chi connectivity index (χ0v) is 14.7. The molecule has 0 rings (SSSR count). The van der Waals surface area contributed by atoms with Crippen LogP contribution in [0.1, 0.15) is 40.5 Å². The Morgan fingerprint density at radius 3 is 2.45 bits per heavy atom. The number of carbonyl (C=O) groups excluding carboxylic acids is 1. The quantitative estimate of drug-likeness (QED) is 0.425. The number of carbonyl (C=O) groups is 1. The van der Waals surface area contributed by atoms with E-state index in [2.05, 4.69) is 33.9 Å². The summed E-state index contributed by atoms with van der Waals surface area (Å²) in [6.45, 7) is 13.4. The molecule has 0 amide bonds. The molecule has 0 aliphatic carbocycles. The zero-order valence-electron chi connectivity index (χ0n) is 13.7. The minimum Gasteiger partial charge on any atom is -0.463 e. The molecule has 5 heteroatoms. The first-order valence-corrected chi connectivity index (χ1v) is 10.2. The summed E-state index contributed by atoms with van der Waals surface area (Å²) in [7, 11) is -1.80. The number of aliphatic hydroxyl groups is 1. The van der Waals surface area contributed by atoms with E-state index in [4.69, 9.17) is 9.16 Å². The number of allylic oxidation sites excluding steroid dienone is 1. The number of hydrogen-bond donors (Lipinski definition) is 1. The van der Waals surface area contributed by atoms with Gasteiger partial charge in [0.2, 0.25) is 0 Å². The third kappa shape index (κ3) is 7.82. The van der Waals surface area contributed by atoms with Crippen LogP contribution in [-0.4, -0.2) is 38.7 Å². The second kappa shape index (κ2) is 8.59. The summed E-state index contributed by atoms with van der Waals surface area (Å²) in [5.41, 5.74) is 0. The van der Waals surface area contributed by atoms with Crippen LogP contribution in [0.2, 0.25) is 18.1 Å². The highest BCUT2D eigenvalue weighted by molar-refractivity contribution is 6.74. The maximum absolute atomic E-state index is 11.1. The monoisotopic (exact) mass is 302 g/mol. The van der Waals surface area contributed by atoms with E-state index < -0.39 is 14.4 Å². The van der Waals surface area contributed by atoms with Crippen LogP contribution in [-0.2, 0) is 14.0 Å². The second-order valence-corrected chi connectivity index (χ2v) is 11.3. The van der Waals surface area contributed by atoms with Crippen LogP contribution in [0, 0.1) is 0 Å². The van der Waals surface area contributed by atoms with Gasteiger partial charge in [-0.1, -0.05) is 26.8 Å². The molecular weight excluding hydrogens is 272 g/mol. The van der Waals surface area contributed by atoms with Crippen LogP contribution in [0.4, 0.5) is 0 Å². The molecule has 0 aliphatic rings. The molecule has 118 valence electrons. The Bertz CT molecular complexity index is 318. The van der Waals surface area contributed by atoms with Crippen molar-refractivity contribution >= 4 is 14.3 Å². The van der Waals surface area contributed by atoms with Gasteiger partial charge in [0, 0.05) is 6.08 Å². The Hall–Kier alpha value is -0.653. The van der Waals surface area contributed by atoms with E-state index in [0.717, 1.165) is 0 Å². The van der Waals surface area contributed by atoms with Crippen LogP contribution < -0.4 is 0 Å². The van der Waals surface area contributed by atoms with Crippen LogP contribution in [0.25, 0.3) is 0 Å². The molecule has 0 aromatic carbocycles. The average Bonchev–Trinajstić information content (AvgIpc) is 2.31. The number of aliphatic hydroxyl groups excluding tert-OH is 1. The molecule has 20 heavy (non-hydrogen) atoms. The predicted octanol–water partition coefficient (Wildman–Crippen LogP) is 3.27. The van der Waals surface area contributed by atoms with E-state index in [-0.39, 0.29) is 11.0 Å². The van der Waals surface area contributed by atoms with Crippen LogP contribution in [0.5, 0.6) is 0 Å². The Labute approximate surface area is 124 Å². The lowest BCUT2D eigenvalue weighted by Gasteiger charge is -2.36. The summed E-state index contributed by atoms with van der Waals surface area (Å²) < 4.78 is 10.7. The lowest BCUT2D eigenvalue weighted by molar-refractivity contribution is -0.137. The fourth-order valence-corrected chi connectivity index (χ4v) is 2.30. The van der Waals surface area contributed by atoms with Gasteiger partial charge in [0.15, 0.2) is 8.32 Å². The molecule has 0 unspecified atom stereocenters. The minimum atomic E-state index is -1.80. The number of rotatable bonds is 8. The van der Waals surface area contributed by atoms with Crippen molar-refractivity contribution in [1.82, 2.24) is 0 Å². The molecule has 0 bridgehead atoms. The summed E-state index contributed by atoms with van der Waals surface area (Å²) in [6, 6.07) is 0. The fraction of sp³-hybridized carbons (Fsp3) is 0.800. The molecule has 0 fully saturated rings. The summed E-state index contributed by atoms with van der Waals surface area (Å²) in [4.78, 5) is 11.1. The van der Waals surface area contributed by atoms with Crippen molar-refractivity contribution in [3.05, 3.63) is 12.2 Å². The Kier molecular flexibility index (Phi) is 8.31. The van der Waals surface area contributed by atoms with Gasteiger partial charge >= 0.3 is 5.97 Å². The summed E-state index contributed by atoms with van der Waals surface area (Å²) in [5.74, 6) is -0.334. The molecule has 0 heterocycles. The number of ether oxygens (including phenoxy) is 1. The lowest BCUT2D eigenvalue weighted by Crippen LogP contribution is -2.42. The first-order chi connectivity index (χ1) is 9.10. The second-order valence-electron chi connectivity index (χ2n) is 6.46. The topological polar surface area (TPSA) is 55.8 Å². The van der Waals surface area contributed by atoms with Gasteiger partial charge in [-0.25, -0.2) is 4.79 Å². The van der Waals surface area contributed by atoms with Gasteiger partial charge in [-0.3, -0.25) is 0 Å². The first kappa shape index (κ1) is 19.3. The highest BCUT2D eigenvalue weighted by Gasteiger charge is 2.37. The SMILES string of the molecule is CCOC(=O)/C=C/CC[C@H](O)CO[Si](C)(C)C(C)(C)C. The van der Waals surface area contributed by atoms with Crippen molar-refractivity contribution in [1.29, 1.82) is 0 Å². The smallest absolute Gasteiger partial charge is 0.330 e. The van der Waals surface area contributed by atoms with Gasteiger partial charge in [0.05, 0.1) is 19.3 Å². The van der Waals surface area contributed by atoms with E-state index in [0.29, 0.717) is 26.1 Å². The van der Waals surface area contributed by atoms with E-state index >= 15 is 0 Å². The molecule has 4 nitrogen and oxygen atoms in total. The van der Waals surface area contributed by atoms with Crippen LogP contribution in [0.3, 0.4) is 0 Å². The van der Waals surface area contributed by atoms with Gasteiger partial charge in [-0.2, -0.15) is 0 Å². The molecule has 0 spiro atoms. The predicted molar refractivity (Wildman–Crippen MR) is 84.2 cm³/mol. The van der Waals surface area contributed by atoms with Gasteiger partial charge < -0.3 is 14.3 Å². The molecule has 0 saturated carbocycles. The fourth-order valence-electron chi connectivity index (χ4n) is 1.26. The molecule has 0 aliphatic heterocycles. The Morgan fingerprint density at radius 1 is 1.35 bits per heavy atom. The molecule has 0 aromatic rings. The van der Waals surface area contributed by atoms with Gasteiger partial charge in [-0.05, 0) is 37.9 Å². The van der Waals surface area contributed by atoms with E-state index in [1.165, 1.54) is 6.08 Å². The number of esters is 1. The third-order valence-electron chi connectivity index (χ3n) is 3.65. The maximum atomic E-state index is 11.1. The minimum absolute atomic E-state index is 0.149. The van der Waals surface area contributed by atoms with Crippen molar-refractivity contribution in [3.8, 4) is 0 Å². The van der Waals surface area contributed by atoms with Crippen molar-refractivity contribution in [2.75, 3.05) is 13.2 Å². The highest BCUT2D eigenvalue weighted by Crippen LogP contribution is 2.36. The normalized spacial score (nSPS) is 14.6. The number of hydrogen-bond acceptors (Lipinski definition) is 4. The van der Waals surface area contributed by atoms with Gasteiger partial charge in [-0.15, -0.1) is 0 Å². The molecule has 0 aromatic heterocycles. The van der Waals surface area contributed by atoms with E-state index in [1.54, 1.807) is 13.0 Å². The largest absolute Gasteiger partial charge is 0.463 e. The zero-order chi connectivity index (χ0) is 15.8. The summed E-state index contributed by atoms with van der Waals surface area (Å²) >= 11 is 0. The van der Waals surface area contributed by atoms with Crippen LogP contribution >= 0.6 is 0 Å². The molecule has 1 atom stereocenters. The highest BCUT2D eigenvalue weighted by atomic mass is 28.4. The molecule has 1 N–H and O–H groups in total. The Balaban J connectivity index is 3.96.